The summed E-state index contributed by atoms with van der Waals surface area (Å²) in [6, 6.07) is 8.24. The maximum atomic E-state index is 11.8. The quantitative estimate of drug-likeness (QED) is 0.745. The van der Waals surface area contributed by atoms with E-state index < -0.39 is 0 Å². The highest BCUT2D eigenvalue weighted by Crippen LogP contribution is 2.34. The number of rotatable bonds is 6. The van der Waals surface area contributed by atoms with Crippen molar-refractivity contribution in [2.75, 3.05) is 11.9 Å². The van der Waals surface area contributed by atoms with E-state index in [4.69, 9.17) is 0 Å². The number of nitrogens with one attached hydrogen (secondary N) is 3. The smallest absolute Gasteiger partial charge is 0.319 e. The maximum Gasteiger partial charge on any atom is 0.319 e. The molecule has 20 heavy (non-hydrogen) atoms. The van der Waals surface area contributed by atoms with Crippen molar-refractivity contribution in [3.63, 3.8) is 0 Å². The van der Waals surface area contributed by atoms with Crippen LogP contribution >= 0.6 is 0 Å². The van der Waals surface area contributed by atoms with Gasteiger partial charge in [-0.15, -0.1) is 0 Å². The van der Waals surface area contributed by atoms with Crippen molar-refractivity contribution in [3.05, 3.63) is 29.8 Å². The Kier molecular flexibility index (Phi) is 4.65. The second-order valence-corrected chi connectivity index (χ2v) is 5.94. The van der Waals surface area contributed by atoms with Crippen LogP contribution < -0.4 is 16.0 Å². The Morgan fingerprint density at radius 2 is 1.95 bits per heavy atom. The summed E-state index contributed by atoms with van der Waals surface area (Å²) in [5.74, 6) is 0. The third-order valence-electron chi connectivity index (χ3n) is 3.78. The zero-order valence-electron chi connectivity index (χ0n) is 12.6. The highest BCUT2D eigenvalue weighted by Gasteiger charge is 2.38. The predicted molar refractivity (Wildman–Crippen MR) is 82.9 cm³/mol. The number of hydrogen-bond acceptors (Lipinski definition) is 2. The maximum absolute atomic E-state index is 11.8. The summed E-state index contributed by atoms with van der Waals surface area (Å²) in [5, 5.41) is 9.31. The molecule has 0 radical (unpaired) electrons. The molecule has 110 valence electrons. The average Bonchev–Trinajstić information content (AvgIpc) is 3.13. The zero-order chi connectivity index (χ0) is 14.6. The van der Waals surface area contributed by atoms with Gasteiger partial charge in [0.2, 0.25) is 0 Å². The molecule has 1 aromatic carbocycles. The van der Waals surface area contributed by atoms with Gasteiger partial charge in [-0.25, -0.2) is 4.79 Å². The molecular weight excluding hydrogens is 250 g/mol. The molecule has 0 heterocycles. The molecule has 0 aliphatic heterocycles. The van der Waals surface area contributed by atoms with Gasteiger partial charge in [-0.3, -0.25) is 0 Å². The fraction of sp³-hybridized carbons (Fsp3) is 0.562. The Morgan fingerprint density at radius 1 is 1.30 bits per heavy atom. The molecule has 1 aliphatic rings. The van der Waals surface area contributed by atoms with Gasteiger partial charge < -0.3 is 16.0 Å². The van der Waals surface area contributed by atoms with E-state index in [-0.39, 0.29) is 11.6 Å². The lowest BCUT2D eigenvalue weighted by molar-refractivity contribution is 0.248. The van der Waals surface area contributed by atoms with E-state index >= 15 is 0 Å². The van der Waals surface area contributed by atoms with Gasteiger partial charge in [0.05, 0.1) is 0 Å². The molecule has 0 saturated heterocycles. The topological polar surface area (TPSA) is 53.2 Å². The van der Waals surface area contributed by atoms with Crippen LogP contribution in [0.15, 0.2) is 24.3 Å². The van der Waals surface area contributed by atoms with Crippen LogP contribution in [-0.2, 0) is 0 Å². The zero-order valence-corrected chi connectivity index (χ0v) is 12.6. The Bertz CT molecular complexity index is 451. The monoisotopic (exact) mass is 275 g/mol. The lowest BCUT2D eigenvalue weighted by atomic mass is 10.1. The van der Waals surface area contributed by atoms with E-state index in [1.165, 1.54) is 5.56 Å². The van der Waals surface area contributed by atoms with Crippen LogP contribution in [0.3, 0.4) is 0 Å². The van der Waals surface area contributed by atoms with Gasteiger partial charge in [0.1, 0.15) is 0 Å². The van der Waals surface area contributed by atoms with Gasteiger partial charge in [-0.05, 0) is 57.4 Å². The van der Waals surface area contributed by atoms with Crippen molar-refractivity contribution in [1.29, 1.82) is 0 Å². The molecule has 1 unspecified atom stereocenters. The van der Waals surface area contributed by atoms with E-state index in [9.17, 15) is 4.79 Å². The van der Waals surface area contributed by atoms with Crippen LogP contribution in [0.1, 0.15) is 51.6 Å². The largest absolute Gasteiger partial charge is 0.333 e. The number of anilines is 1. The standard InChI is InChI=1S/C16H25N3O/c1-4-11-17-12(2)13-5-7-14(8-6-13)18-15(20)19-16(3)9-10-16/h5-8,12,17H,4,9-11H2,1-3H3,(H2,18,19,20). The minimum atomic E-state index is -0.116. The molecule has 1 fully saturated rings. The number of benzene rings is 1. The summed E-state index contributed by atoms with van der Waals surface area (Å²) in [6.45, 7) is 7.39. The first-order valence-electron chi connectivity index (χ1n) is 7.45. The van der Waals surface area contributed by atoms with Crippen molar-refractivity contribution < 1.29 is 4.79 Å². The van der Waals surface area contributed by atoms with E-state index in [1.54, 1.807) is 0 Å². The fourth-order valence-electron chi connectivity index (χ4n) is 2.08. The molecule has 3 N–H and O–H groups in total. The molecule has 1 aliphatic carbocycles. The third kappa shape index (κ3) is 4.23. The normalized spacial score (nSPS) is 17.4. The number of carbonyl (C=O) groups excluding carboxylic acids is 1. The summed E-state index contributed by atoms with van der Waals surface area (Å²) in [7, 11) is 0. The average molecular weight is 275 g/mol. The fourth-order valence-corrected chi connectivity index (χ4v) is 2.08. The molecule has 1 atom stereocenters. The molecule has 2 rings (SSSR count). The molecule has 0 aromatic heterocycles. The summed E-state index contributed by atoms with van der Waals surface area (Å²) < 4.78 is 0. The van der Waals surface area contributed by atoms with Crippen molar-refractivity contribution >= 4 is 11.7 Å². The van der Waals surface area contributed by atoms with Gasteiger partial charge >= 0.3 is 6.03 Å². The van der Waals surface area contributed by atoms with E-state index in [1.807, 2.05) is 12.1 Å². The molecule has 0 bridgehead atoms. The Balaban J connectivity index is 1.86. The minimum Gasteiger partial charge on any atom is -0.333 e. The minimum absolute atomic E-state index is 0.0165. The molecule has 0 spiro atoms. The molecule has 2 amide bonds. The second kappa shape index (κ2) is 6.27. The SMILES string of the molecule is CCCNC(C)c1ccc(NC(=O)NC2(C)CC2)cc1. The molecule has 4 nitrogen and oxygen atoms in total. The summed E-state index contributed by atoms with van der Waals surface area (Å²) in [4.78, 5) is 11.8. The van der Waals surface area contributed by atoms with Crippen LogP contribution in [0.4, 0.5) is 10.5 Å². The molecule has 1 aromatic rings. The first-order valence-corrected chi connectivity index (χ1v) is 7.45. The van der Waals surface area contributed by atoms with Crippen molar-refractivity contribution in [1.82, 2.24) is 10.6 Å². The van der Waals surface area contributed by atoms with Gasteiger partial charge in [-0.1, -0.05) is 19.1 Å². The third-order valence-corrected chi connectivity index (χ3v) is 3.78. The lowest BCUT2D eigenvalue weighted by Gasteiger charge is -2.15. The van der Waals surface area contributed by atoms with Crippen molar-refractivity contribution in [2.24, 2.45) is 0 Å². The van der Waals surface area contributed by atoms with Crippen molar-refractivity contribution in [2.45, 2.75) is 51.6 Å². The number of carbonyl (C=O) groups is 1. The van der Waals surface area contributed by atoms with Gasteiger partial charge in [0.25, 0.3) is 0 Å². The van der Waals surface area contributed by atoms with Gasteiger partial charge in [0, 0.05) is 17.3 Å². The highest BCUT2D eigenvalue weighted by molar-refractivity contribution is 5.90. The van der Waals surface area contributed by atoms with Crippen molar-refractivity contribution in [3.8, 4) is 0 Å². The predicted octanol–water partition coefficient (Wildman–Crippen LogP) is 3.42. The number of urea groups is 1. The Labute approximate surface area is 121 Å². The number of amides is 2. The highest BCUT2D eigenvalue weighted by atomic mass is 16.2. The molecule has 1 saturated carbocycles. The van der Waals surface area contributed by atoms with E-state index in [0.29, 0.717) is 6.04 Å². The Hall–Kier alpha value is -1.55. The second-order valence-electron chi connectivity index (χ2n) is 5.94. The summed E-state index contributed by atoms with van der Waals surface area (Å²) in [6.07, 6.45) is 3.27. The van der Waals surface area contributed by atoms with E-state index in [2.05, 4.69) is 48.9 Å². The van der Waals surface area contributed by atoms with Crippen LogP contribution in [0.25, 0.3) is 0 Å². The number of hydrogen-bond donors (Lipinski definition) is 3. The first kappa shape index (κ1) is 14.9. The van der Waals surface area contributed by atoms with E-state index in [0.717, 1.165) is 31.5 Å². The summed E-state index contributed by atoms with van der Waals surface area (Å²) >= 11 is 0. The molecule has 4 heteroatoms. The lowest BCUT2D eigenvalue weighted by Crippen LogP contribution is -2.37. The van der Waals surface area contributed by atoms with Crippen LogP contribution in [0, 0.1) is 0 Å². The van der Waals surface area contributed by atoms with Crippen LogP contribution in [0.5, 0.6) is 0 Å². The molecular formula is C16H25N3O. The van der Waals surface area contributed by atoms with Crippen LogP contribution in [-0.4, -0.2) is 18.1 Å². The summed E-state index contributed by atoms with van der Waals surface area (Å²) in [5.41, 5.74) is 2.08. The first-order chi connectivity index (χ1) is 9.52. The van der Waals surface area contributed by atoms with Gasteiger partial charge in [-0.2, -0.15) is 0 Å². The Morgan fingerprint density at radius 3 is 2.50 bits per heavy atom. The van der Waals surface area contributed by atoms with Crippen LogP contribution in [0.2, 0.25) is 0 Å². The van der Waals surface area contributed by atoms with Gasteiger partial charge in [0.15, 0.2) is 0 Å².